The van der Waals surface area contributed by atoms with Gasteiger partial charge >= 0.3 is 0 Å². The quantitative estimate of drug-likeness (QED) is 0.0684. The van der Waals surface area contributed by atoms with E-state index in [-0.39, 0.29) is 79.0 Å². The Kier molecular flexibility index (Phi) is 13.6. The van der Waals surface area contributed by atoms with E-state index in [0.717, 1.165) is 20.9 Å². The van der Waals surface area contributed by atoms with Gasteiger partial charge in [0.25, 0.3) is 23.6 Å². The first kappa shape index (κ1) is 46.6. The molecule has 12 heteroatoms. The molecule has 0 aliphatic carbocycles. The second kappa shape index (κ2) is 19.8. The number of carbonyl (C=O) groups is 4. The first-order chi connectivity index (χ1) is 32.4. The summed E-state index contributed by atoms with van der Waals surface area (Å²) in [4.78, 5) is 56.3. The van der Waals surface area contributed by atoms with Gasteiger partial charge in [0.2, 0.25) is 0 Å². The molecule has 0 bridgehead atoms. The number of hydrogen-bond acceptors (Lipinski definition) is 10. The zero-order valence-electron chi connectivity index (χ0n) is 36.2. The predicted molar refractivity (Wildman–Crippen MR) is 257 cm³/mol. The Bertz CT molecular complexity index is 2930. The molecule has 0 aromatic heterocycles. The smallest absolute Gasteiger partial charge is 0.266 e. The number of nitrogens with zero attached hydrogens (tertiary/aromatic N) is 2. The van der Waals surface area contributed by atoms with Crippen LogP contribution in [-0.4, -0.2) is 50.1 Å². The van der Waals surface area contributed by atoms with E-state index in [9.17, 15) is 19.2 Å². The van der Waals surface area contributed by atoms with Crippen molar-refractivity contribution in [1.29, 1.82) is 0 Å². The van der Waals surface area contributed by atoms with Gasteiger partial charge in [-0.05, 0) is 96.1 Å². The standard InChI is InChI=1S/C55H38N2O10.CH4/c1-7-27-62-47-25-15-37(31-49(47)64-29-9-3)56-51(58)43-23-21-41(33-45(43)53(56)60)66-39-17-11-35(12-18-39)55(5,6)36-13-19-40(20-14-36)67-42-22-24-44-46(34-42)54(61)57(52(44)59)38-16-26-48(63-28-8-2)50(32-38)65-30-10-4;/h1-4,11-26,31-34H,27-30H2,5-6H3;1H4. The number of benzene rings is 6. The van der Waals surface area contributed by atoms with Crippen LogP contribution in [0.3, 0.4) is 0 Å². The number of terminal acetylenes is 4. The normalized spacial score (nSPS) is 12.4. The molecule has 0 N–H and O–H groups in total. The second-order valence-corrected chi connectivity index (χ2v) is 15.4. The summed E-state index contributed by atoms with van der Waals surface area (Å²) in [5, 5.41) is 0. The molecule has 8 rings (SSSR count). The molecule has 6 aromatic carbocycles. The lowest BCUT2D eigenvalue weighted by atomic mass is 9.78. The molecule has 0 unspecified atom stereocenters. The van der Waals surface area contributed by atoms with Gasteiger partial charge in [-0.15, -0.1) is 25.7 Å². The van der Waals surface area contributed by atoms with E-state index < -0.39 is 29.0 Å². The van der Waals surface area contributed by atoms with Crippen molar-refractivity contribution in [3.63, 3.8) is 0 Å². The molecular formula is C56H42N2O10. The van der Waals surface area contributed by atoms with Crippen molar-refractivity contribution in [1.82, 2.24) is 0 Å². The van der Waals surface area contributed by atoms with Gasteiger partial charge in [-0.3, -0.25) is 19.2 Å². The van der Waals surface area contributed by atoms with E-state index >= 15 is 0 Å². The molecule has 0 atom stereocenters. The topological polar surface area (TPSA) is 130 Å². The van der Waals surface area contributed by atoms with Crippen molar-refractivity contribution < 1.29 is 47.6 Å². The van der Waals surface area contributed by atoms with Gasteiger partial charge in [-0.25, -0.2) is 9.80 Å². The molecule has 12 nitrogen and oxygen atoms in total. The van der Waals surface area contributed by atoms with Crippen molar-refractivity contribution in [2.75, 3.05) is 36.2 Å². The van der Waals surface area contributed by atoms with Crippen LogP contribution in [0.1, 0.15) is 73.8 Å². The Balaban J connectivity index is 0.00000684. The fourth-order valence-electron chi connectivity index (χ4n) is 7.57. The van der Waals surface area contributed by atoms with Crippen LogP contribution < -0.4 is 38.2 Å². The van der Waals surface area contributed by atoms with Crippen molar-refractivity contribution in [2.45, 2.75) is 26.7 Å². The monoisotopic (exact) mass is 902 g/mol. The average molecular weight is 903 g/mol. The summed E-state index contributed by atoms with van der Waals surface area (Å²) in [5.41, 5.74) is 2.92. The zero-order valence-corrected chi connectivity index (χ0v) is 36.2. The summed E-state index contributed by atoms with van der Waals surface area (Å²) in [6.45, 7) is 4.03. The predicted octanol–water partition coefficient (Wildman–Crippen LogP) is 9.88. The maximum absolute atomic E-state index is 13.6. The molecule has 0 spiro atoms. The third kappa shape index (κ3) is 9.12. The first-order valence-corrected chi connectivity index (χ1v) is 20.6. The Labute approximate surface area is 394 Å². The summed E-state index contributed by atoms with van der Waals surface area (Å²) < 4.78 is 34.6. The third-order valence-electron chi connectivity index (χ3n) is 11.0. The van der Waals surface area contributed by atoms with E-state index in [2.05, 4.69) is 37.5 Å². The molecule has 2 aliphatic rings. The van der Waals surface area contributed by atoms with Gasteiger partial charge in [-0.2, -0.15) is 0 Å². The van der Waals surface area contributed by atoms with Crippen LogP contribution in [-0.2, 0) is 5.41 Å². The van der Waals surface area contributed by atoms with Gasteiger partial charge in [0.15, 0.2) is 23.0 Å². The lowest BCUT2D eigenvalue weighted by Gasteiger charge is -2.26. The minimum absolute atomic E-state index is 0. The van der Waals surface area contributed by atoms with Gasteiger partial charge in [0.1, 0.15) is 49.4 Å². The van der Waals surface area contributed by atoms with E-state index in [1.54, 1.807) is 60.7 Å². The molecule has 0 saturated heterocycles. The van der Waals surface area contributed by atoms with Gasteiger partial charge in [-0.1, -0.05) is 69.2 Å². The first-order valence-electron chi connectivity index (χ1n) is 20.6. The van der Waals surface area contributed by atoms with Crippen LogP contribution in [0.5, 0.6) is 46.0 Å². The largest absolute Gasteiger partial charge is 0.477 e. The SMILES string of the molecule is C.C#CCOc1ccc(N2C(=O)c3ccc(Oc4ccc(C(C)(C)c5ccc(Oc6ccc7c(c6)C(=O)N(c6ccc(OCC#C)c(OCC#C)c6)C7=O)cc5)cc4)cc3C2=O)cc1OCC#C. The van der Waals surface area contributed by atoms with E-state index in [1.165, 1.54) is 12.1 Å². The number of anilines is 2. The molecule has 4 amide bonds. The number of fused-ring (bicyclic) bond motifs is 2. The van der Waals surface area contributed by atoms with Crippen LogP contribution in [0, 0.1) is 49.4 Å². The highest BCUT2D eigenvalue weighted by Crippen LogP contribution is 2.40. The molecule has 0 saturated carbocycles. The highest BCUT2D eigenvalue weighted by atomic mass is 16.5. The van der Waals surface area contributed by atoms with Crippen molar-refractivity contribution in [3.8, 4) is 95.4 Å². The summed E-state index contributed by atoms with van der Waals surface area (Å²) in [6, 6.07) is 33.9. The summed E-state index contributed by atoms with van der Waals surface area (Å²) in [5.74, 6) is 10.4. The fraction of sp³-hybridized carbons (Fsp3) is 0.143. The molecule has 336 valence electrons. The number of imide groups is 2. The molecule has 6 aromatic rings. The summed E-state index contributed by atoms with van der Waals surface area (Å²) >= 11 is 0. The lowest BCUT2D eigenvalue weighted by molar-refractivity contribution is 0.0910. The number of carbonyl (C=O) groups excluding carboxylic acids is 4. The molecule has 2 aliphatic heterocycles. The second-order valence-electron chi connectivity index (χ2n) is 15.4. The van der Waals surface area contributed by atoms with Crippen molar-refractivity contribution in [2.24, 2.45) is 0 Å². The Hall–Kier alpha value is -9.36. The van der Waals surface area contributed by atoms with Crippen molar-refractivity contribution in [3.05, 3.63) is 155 Å². The molecule has 0 radical (unpaired) electrons. The number of amides is 4. The molecule has 68 heavy (non-hydrogen) atoms. The zero-order chi connectivity index (χ0) is 47.2. The third-order valence-corrected chi connectivity index (χ3v) is 11.0. The number of rotatable bonds is 16. The maximum atomic E-state index is 13.6. The van der Waals surface area contributed by atoms with E-state index in [0.29, 0.717) is 34.5 Å². The van der Waals surface area contributed by atoms with Crippen LogP contribution in [0.2, 0.25) is 0 Å². The number of hydrogen-bond donors (Lipinski definition) is 0. The minimum Gasteiger partial charge on any atom is -0.477 e. The summed E-state index contributed by atoms with van der Waals surface area (Å²) in [6.07, 6.45) is 21.4. The van der Waals surface area contributed by atoms with Gasteiger partial charge in [0.05, 0.1) is 33.6 Å². The van der Waals surface area contributed by atoms with E-state index in [4.69, 9.17) is 54.1 Å². The molecular weight excluding hydrogens is 861 g/mol. The van der Waals surface area contributed by atoms with Crippen LogP contribution in [0.25, 0.3) is 0 Å². The van der Waals surface area contributed by atoms with Crippen LogP contribution in [0.15, 0.2) is 121 Å². The van der Waals surface area contributed by atoms with Crippen LogP contribution >= 0.6 is 0 Å². The number of ether oxygens (including phenoxy) is 6. The Morgan fingerprint density at radius 3 is 1.09 bits per heavy atom. The molecule has 2 heterocycles. The minimum atomic E-state index is -0.529. The Morgan fingerprint density at radius 2 is 0.735 bits per heavy atom. The van der Waals surface area contributed by atoms with Crippen LogP contribution in [0.4, 0.5) is 11.4 Å². The fourth-order valence-corrected chi connectivity index (χ4v) is 7.57. The molecule has 0 fully saturated rings. The highest BCUT2D eigenvalue weighted by Gasteiger charge is 2.39. The lowest BCUT2D eigenvalue weighted by Crippen LogP contribution is -2.29. The maximum Gasteiger partial charge on any atom is 0.266 e. The summed E-state index contributed by atoms with van der Waals surface area (Å²) in [7, 11) is 0. The van der Waals surface area contributed by atoms with Crippen molar-refractivity contribution >= 4 is 35.0 Å². The van der Waals surface area contributed by atoms with E-state index in [1.807, 2.05) is 48.5 Å². The highest BCUT2D eigenvalue weighted by molar-refractivity contribution is 6.35. The van der Waals surface area contributed by atoms with Gasteiger partial charge < -0.3 is 28.4 Å². The van der Waals surface area contributed by atoms with Gasteiger partial charge in [0, 0.05) is 17.5 Å². The average Bonchev–Trinajstić information content (AvgIpc) is 3.74. The Morgan fingerprint density at radius 1 is 0.412 bits per heavy atom.